The maximum atomic E-state index is 12.0. The monoisotopic (exact) mass is 275 g/mol. The van der Waals surface area contributed by atoms with Crippen molar-refractivity contribution in [1.82, 2.24) is 15.5 Å². The van der Waals surface area contributed by atoms with Crippen molar-refractivity contribution in [2.45, 2.75) is 13.8 Å². The van der Waals surface area contributed by atoms with Gasteiger partial charge < -0.3 is 10.4 Å². The molecule has 106 valence electrons. The van der Waals surface area contributed by atoms with Crippen LogP contribution in [0.25, 0.3) is 10.9 Å². The number of carbonyl (C=O) groups is 2. The number of hydrogen-bond donors (Lipinski definition) is 3. The number of carboxylic acids is 1. The zero-order chi connectivity index (χ0) is 14.7. The van der Waals surface area contributed by atoms with Crippen molar-refractivity contribution < 1.29 is 14.7 Å². The third kappa shape index (κ3) is 2.96. The Labute approximate surface area is 116 Å². The lowest BCUT2D eigenvalue weighted by atomic mass is 9.96. The largest absolute Gasteiger partial charge is 0.481 e. The molecule has 3 N–H and O–H groups in total. The topological polar surface area (TPSA) is 95.1 Å². The Balaban J connectivity index is 2.05. The summed E-state index contributed by atoms with van der Waals surface area (Å²) in [5.41, 5.74) is 1.26. The van der Waals surface area contributed by atoms with Crippen molar-refractivity contribution >= 4 is 22.8 Å². The second-order valence-corrected chi connectivity index (χ2v) is 5.07. The average Bonchev–Trinajstić information content (AvgIpc) is 2.84. The van der Waals surface area contributed by atoms with E-state index in [4.69, 9.17) is 5.11 Å². The number of carbonyl (C=O) groups excluding carboxylic acids is 1. The van der Waals surface area contributed by atoms with E-state index in [2.05, 4.69) is 15.5 Å². The van der Waals surface area contributed by atoms with Crippen LogP contribution in [0.15, 0.2) is 24.4 Å². The fourth-order valence-corrected chi connectivity index (χ4v) is 1.99. The molecule has 0 aliphatic rings. The van der Waals surface area contributed by atoms with Crippen LogP contribution in [0, 0.1) is 11.8 Å². The highest BCUT2D eigenvalue weighted by atomic mass is 16.4. The van der Waals surface area contributed by atoms with Gasteiger partial charge in [-0.3, -0.25) is 14.7 Å². The van der Waals surface area contributed by atoms with Crippen LogP contribution in [-0.4, -0.2) is 33.7 Å². The Morgan fingerprint density at radius 2 is 2.15 bits per heavy atom. The first-order chi connectivity index (χ1) is 9.49. The van der Waals surface area contributed by atoms with Crippen molar-refractivity contribution in [1.29, 1.82) is 0 Å². The number of carboxylic acid groups (broad SMARTS) is 1. The summed E-state index contributed by atoms with van der Waals surface area (Å²) >= 11 is 0. The summed E-state index contributed by atoms with van der Waals surface area (Å²) in [7, 11) is 0. The maximum Gasteiger partial charge on any atom is 0.308 e. The van der Waals surface area contributed by atoms with E-state index in [9.17, 15) is 9.59 Å². The highest BCUT2D eigenvalue weighted by molar-refractivity contribution is 5.97. The number of amides is 1. The summed E-state index contributed by atoms with van der Waals surface area (Å²) in [5, 5.41) is 19.3. The second kappa shape index (κ2) is 5.73. The van der Waals surface area contributed by atoms with Crippen molar-refractivity contribution in [2.24, 2.45) is 11.8 Å². The Morgan fingerprint density at radius 3 is 2.80 bits per heavy atom. The van der Waals surface area contributed by atoms with Crippen molar-refractivity contribution in [2.75, 3.05) is 6.54 Å². The summed E-state index contributed by atoms with van der Waals surface area (Å²) in [6.45, 7) is 3.76. The van der Waals surface area contributed by atoms with Gasteiger partial charge in [-0.25, -0.2) is 0 Å². The van der Waals surface area contributed by atoms with Crippen molar-refractivity contribution in [3.8, 4) is 0 Å². The minimum absolute atomic E-state index is 0.0390. The molecule has 0 saturated carbocycles. The first-order valence-electron chi connectivity index (χ1n) is 6.43. The van der Waals surface area contributed by atoms with Gasteiger partial charge >= 0.3 is 5.97 Å². The molecule has 0 aliphatic carbocycles. The number of aromatic nitrogens is 2. The second-order valence-electron chi connectivity index (χ2n) is 5.07. The zero-order valence-electron chi connectivity index (χ0n) is 11.4. The lowest BCUT2D eigenvalue weighted by molar-refractivity contribution is -0.142. The van der Waals surface area contributed by atoms with Crippen LogP contribution >= 0.6 is 0 Å². The molecule has 1 unspecified atom stereocenters. The third-order valence-electron chi connectivity index (χ3n) is 3.31. The summed E-state index contributed by atoms with van der Waals surface area (Å²) in [6, 6.07) is 5.19. The molecule has 0 saturated heterocycles. The van der Waals surface area contributed by atoms with Gasteiger partial charge in [-0.15, -0.1) is 0 Å². The van der Waals surface area contributed by atoms with E-state index in [1.807, 2.05) is 13.8 Å². The number of H-pyrrole nitrogens is 1. The van der Waals surface area contributed by atoms with Crippen LogP contribution in [0.2, 0.25) is 0 Å². The van der Waals surface area contributed by atoms with Crippen molar-refractivity contribution in [3.05, 3.63) is 30.0 Å². The lowest BCUT2D eigenvalue weighted by Gasteiger charge is -2.16. The summed E-state index contributed by atoms with van der Waals surface area (Å²) in [4.78, 5) is 23.1. The SMILES string of the molecule is CC(C)C(CNC(=O)c1ccc2cn[nH]c2c1)C(=O)O. The van der Waals surface area contributed by atoms with E-state index in [1.54, 1.807) is 24.4 Å². The van der Waals surface area contributed by atoms with Gasteiger partial charge in [0.1, 0.15) is 0 Å². The molecular formula is C14H17N3O3. The molecule has 1 amide bonds. The molecule has 0 bridgehead atoms. The standard InChI is InChI=1S/C14H17N3O3/c1-8(2)11(14(19)20)7-15-13(18)9-3-4-10-6-16-17-12(10)5-9/h3-6,8,11H,7H2,1-2H3,(H,15,18)(H,16,17)(H,19,20). The van der Waals surface area contributed by atoms with Crippen LogP contribution in [0.1, 0.15) is 24.2 Å². The number of nitrogens with one attached hydrogen (secondary N) is 2. The van der Waals surface area contributed by atoms with Crippen LogP contribution in [0.4, 0.5) is 0 Å². The molecule has 6 heteroatoms. The van der Waals surface area contributed by atoms with Crippen LogP contribution in [0.3, 0.4) is 0 Å². The number of benzene rings is 1. The molecule has 2 aromatic rings. The molecule has 20 heavy (non-hydrogen) atoms. The van der Waals surface area contributed by atoms with Crippen LogP contribution in [0.5, 0.6) is 0 Å². The molecular weight excluding hydrogens is 258 g/mol. The van der Waals surface area contributed by atoms with E-state index in [0.29, 0.717) is 5.56 Å². The van der Waals surface area contributed by atoms with Gasteiger partial charge in [-0.2, -0.15) is 5.10 Å². The van der Waals surface area contributed by atoms with E-state index in [1.165, 1.54) is 0 Å². The molecule has 0 aliphatic heterocycles. The highest BCUT2D eigenvalue weighted by Crippen LogP contribution is 2.13. The van der Waals surface area contributed by atoms with Gasteiger partial charge in [-0.05, 0) is 18.1 Å². The quantitative estimate of drug-likeness (QED) is 0.773. The summed E-state index contributed by atoms with van der Waals surface area (Å²) in [6.07, 6.45) is 1.68. The number of nitrogens with zero attached hydrogens (tertiary/aromatic N) is 1. The maximum absolute atomic E-state index is 12.0. The Kier molecular flexibility index (Phi) is 4.02. The van der Waals surface area contributed by atoms with E-state index >= 15 is 0 Å². The minimum Gasteiger partial charge on any atom is -0.481 e. The number of fused-ring (bicyclic) bond motifs is 1. The fraction of sp³-hybridized carbons (Fsp3) is 0.357. The fourth-order valence-electron chi connectivity index (χ4n) is 1.99. The molecule has 1 atom stereocenters. The lowest BCUT2D eigenvalue weighted by Crippen LogP contribution is -2.35. The molecule has 0 radical (unpaired) electrons. The predicted molar refractivity (Wildman–Crippen MR) is 74.4 cm³/mol. The van der Waals surface area contributed by atoms with Crippen LogP contribution in [-0.2, 0) is 4.79 Å². The van der Waals surface area contributed by atoms with E-state index in [0.717, 1.165) is 10.9 Å². The number of aliphatic carboxylic acids is 1. The van der Waals surface area contributed by atoms with Gasteiger partial charge in [0.25, 0.3) is 5.91 Å². The Bertz CT molecular complexity index is 633. The van der Waals surface area contributed by atoms with E-state index < -0.39 is 11.9 Å². The van der Waals surface area contributed by atoms with Gasteiger partial charge in [0, 0.05) is 17.5 Å². The molecule has 0 spiro atoms. The average molecular weight is 275 g/mol. The van der Waals surface area contributed by atoms with Gasteiger partial charge in [0.05, 0.1) is 17.6 Å². The zero-order valence-corrected chi connectivity index (χ0v) is 11.4. The van der Waals surface area contributed by atoms with Gasteiger partial charge in [-0.1, -0.05) is 19.9 Å². The number of aromatic amines is 1. The smallest absolute Gasteiger partial charge is 0.308 e. The Morgan fingerprint density at radius 1 is 1.40 bits per heavy atom. The molecule has 1 aromatic heterocycles. The molecule has 1 aromatic carbocycles. The molecule has 2 rings (SSSR count). The predicted octanol–water partition coefficient (Wildman–Crippen LogP) is 1.65. The third-order valence-corrected chi connectivity index (χ3v) is 3.31. The van der Waals surface area contributed by atoms with Gasteiger partial charge in [0.15, 0.2) is 0 Å². The number of rotatable bonds is 5. The minimum atomic E-state index is -0.899. The Hall–Kier alpha value is -2.37. The normalized spacial score (nSPS) is 12.6. The van der Waals surface area contributed by atoms with Crippen molar-refractivity contribution in [3.63, 3.8) is 0 Å². The van der Waals surface area contributed by atoms with E-state index in [-0.39, 0.29) is 18.4 Å². The summed E-state index contributed by atoms with van der Waals surface area (Å²) < 4.78 is 0. The molecule has 6 nitrogen and oxygen atoms in total. The first-order valence-corrected chi connectivity index (χ1v) is 6.43. The van der Waals surface area contributed by atoms with Gasteiger partial charge in [0.2, 0.25) is 0 Å². The first kappa shape index (κ1) is 14.0. The summed E-state index contributed by atoms with van der Waals surface area (Å²) in [5.74, 6) is -1.81. The highest BCUT2D eigenvalue weighted by Gasteiger charge is 2.22. The molecule has 1 heterocycles. The molecule has 0 fully saturated rings. The van der Waals surface area contributed by atoms with Crippen LogP contribution < -0.4 is 5.32 Å². The number of hydrogen-bond acceptors (Lipinski definition) is 3.